The number of halogens is 12. The van der Waals surface area contributed by atoms with Gasteiger partial charge in [-0.3, -0.25) is 0 Å². The Morgan fingerprint density at radius 3 is 1.05 bits per heavy atom. The maximum absolute atomic E-state index is 12.5. The molecule has 1 atom stereocenters. The van der Waals surface area contributed by atoms with E-state index in [0.29, 0.717) is 0 Å². The average Bonchev–Trinajstić information content (AvgIpc) is 2.08. The second-order valence-electron chi connectivity index (χ2n) is 4.18. The molecule has 0 heterocycles. The fourth-order valence-electron chi connectivity index (χ4n) is 1.99. The molecule has 128 valence electrons. The summed E-state index contributed by atoms with van der Waals surface area (Å²) in [5.41, 5.74) is -6.86. The van der Waals surface area contributed by atoms with Gasteiger partial charge in [0.15, 0.2) is 0 Å². The Balaban J connectivity index is 6.65. The third kappa shape index (κ3) is 3.33. The molecule has 0 bridgehead atoms. The highest BCUT2D eigenvalue weighted by atomic mass is 19.4. The molecule has 0 fully saturated rings. The minimum Gasteiger partial charge on any atom is -0.171 e. The van der Waals surface area contributed by atoms with Crippen LogP contribution in [0.3, 0.4) is 0 Å². The molecule has 0 saturated heterocycles. The van der Waals surface area contributed by atoms with Crippen LogP contribution in [0.4, 0.5) is 52.7 Å². The minimum atomic E-state index is -7.21. The van der Waals surface area contributed by atoms with Gasteiger partial charge in [-0.25, -0.2) is 0 Å². The quantitative estimate of drug-likeness (QED) is 0.582. The van der Waals surface area contributed by atoms with Crippen LogP contribution in [0.15, 0.2) is 0 Å². The van der Waals surface area contributed by atoms with Gasteiger partial charge in [0.25, 0.3) is 5.41 Å². The van der Waals surface area contributed by atoms with Crippen LogP contribution < -0.4 is 0 Å². The zero-order valence-corrected chi connectivity index (χ0v) is 10.0. The van der Waals surface area contributed by atoms with Crippen LogP contribution in [0.25, 0.3) is 0 Å². The summed E-state index contributed by atoms with van der Waals surface area (Å²) in [5.74, 6) is -4.67. The monoisotopic (exact) mass is 344 g/mol. The number of hydrogen-bond donors (Lipinski definition) is 0. The smallest absolute Gasteiger partial charge is 0.171 e. The summed E-state index contributed by atoms with van der Waals surface area (Å²) in [5, 5.41) is 0. The molecule has 0 radical (unpaired) electrons. The molecule has 0 N–H and O–H groups in total. The Labute approximate surface area is 110 Å². The lowest BCUT2D eigenvalue weighted by Gasteiger charge is -2.44. The molecule has 0 nitrogen and oxygen atoms in total. The Hall–Kier alpha value is -0.840. The molecule has 0 aromatic carbocycles. The molecule has 0 spiro atoms. The Bertz CT molecular complexity index is 304. The van der Waals surface area contributed by atoms with E-state index in [-0.39, 0.29) is 0 Å². The molecule has 0 aromatic rings. The van der Waals surface area contributed by atoms with Crippen molar-refractivity contribution >= 4 is 0 Å². The van der Waals surface area contributed by atoms with E-state index in [1.165, 1.54) is 0 Å². The van der Waals surface area contributed by atoms with Crippen molar-refractivity contribution in [2.45, 2.75) is 44.5 Å². The fourth-order valence-corrected chi connectivity index (χ4v) is 1.99. The maximum Gasteiger partial charge on any atom is 0.412 e. The summed E-state index contributed by atoms with van der Waals surface area (Å²) in [7, 11) is 0. The van der Waals surface area contributed by atoms with E-state index in [9.17, 15) is 52.7 Å². The molecule has 0 saturated carbocycles. The maximum atomic E-state index is 12.5. The van der Waals surface area contributed by atoms with Gasteiger partial charge in [0, 0.05) is 0 Å². The second-order valence-corrected chi connectivity index (χ2v) is 4.18. The number of alkyl halides is 12. The van der Waals surface area contributed by atoms with Gasteiger partial charge in [-0.15, -0.1) is 0 Å². The van der Waals surface area contributed by atoms with Crippen LogP contribution in [0.5, 0.6) is 0 Å². The Morgan fingerprint density at radius 2 is 0.905 bits per heavy atom. The van der Waals surface area contributed by atoms with Crippen LogP contribution in [0.1, 0.15) is 19.8 Å². The number of rotatable bonds is 3. The van der Waals surface area contributed by atoms with E-state index < -0.39 is 48.9 Å². The van der Waals surface area contributed by atoms with Crippen molar-refractivity contribution in [1.82, 2.24) is 0 Å². The van der Waals surface area contributed by atoms with Crippen LogP contribution in [-0.4, -0.2) is 24.7 Å². The van der Waals surface area contributed by atoms with E-state index in [1.54, 1.807) is 0 Å². The average molecular weight is 344 g/mol. The van der Waals surface area contributed by atoms with Gasteiger partial charge in [-0.1, -0.05) is 13.3 Å². The van der Waals surface area contributed by atoms with Crippen molar-refractivity contribution < 1.29 is 52.7 Å². The first-order chi connectivity index (χ1) is 8.94. The molecule has 12 heteroatoms. The molecular weight excluding hydrogens is 336 g/mol. The normalized spacial score (nSPS) is 17.0. The SMILES string of the molecule is CCCC(C(F)(F)F)C(C(F)(F)F)(C(F)(F)F)C(F)(F)F. The molecule has 1 unspecified atom stereocenters. The van der Waals surface area contributed by atoms with Gasteiger partial charge in [0.2, 0.25) is 0 Å². The Kier molecular flexibility index (Phi) is 5.20. The molecule has 0 aliphatic rings. The van der Waals surface area contributed by atoms with Crippen molar-refractivity contribution in [2.75, 3.05) is 0 Å². The molecular formula is C9H8F12. The topological polar surface area (TPSA) is 0 Å². The first kappa shape index (κ1) is 20.2. The molecule has 0 aliphatic carbocycles. The molecule has 0 aromatic heterocycles. The Morgan fingerprint density at radius 1 is 0.619 bits per heavy atom. The first-order valence-electron chi connectivity index (χ1n) is 5.21. The predicted octanol–water partition coefficient (Wildman–Crippen LogP) is 5.64. The van der Waals surface area contributed by atoms with Gasteiger partial charge >= 0.3 is 24.7 Å². The lowest BCUT2D eigenvalue weighted by Crippen LogP contribution is -2.66. The molecule has 0 rings (SSSR count). The van der Waals surface area contributed by atoms with Gasteiger partial charge in [-0.2, -0.15) is 52.7 Å². The first-order valence-corrected chi connectivity index (χ1v) is 5.21. The molecule has 0 amide bonds. The van der Waals surface area contributed by atoms with Crippen LogP contribution >= 0.6 is 0 Å². The lowest BCUT2D eigenvalue weighted by molar-refractivity contribution is -0.464. The van der Waals surface area contributed by atoms with Gasteiger partial charge in [0.1, 0.15) is 0 Å². The van der Waals surface area contributed by atoms with E-state index in [4.69, 9.17) is 0 Å². The van der Waals surface area contributed by atoms with Gasteiger partial charge in [-0.05, 0) is 6.42 Å². The summed E-state index contributed by atoms with van der Waals surface area (Å²) >= 11 is 0. The van der Waals surface area contributed by atoms with Gasteiger partial charge in [0.05, 0.1) is 5.92 Å². The lowest BCUT2D eigenvalue weighted by atomic mass is 9.70. The van der Waals surface area contributed by atoms with E-state index >= 15 is 0 Å². The van der Waals surface area contributed by atoms with Gasteiger partial charge < -0.3 is 0 Å². The summed E-state index contributed by atoms with van der Waals surface area (Å²) in [4.78, 5) is 0. The number of hydrogen-bond acceptors (Lipinski definition) is 0. The van der Waals surface area contributed by atoms with Crippen molar-refractivity contribution in [3.63, 3.8) is 0 Å². The van der Waals surface area contributed by atoms with Crippen LogP contribution in [-0.2, 0) is 0 Å². The van der Waals surface area contributed by atoms with E-state index in [1.807, 2.05) is 0 Å². The summed E-state index contributed by atoms with van der Waals surface area (Å²) in [6, 6.07) is 0. The fraction of sp³-hybridized carbons (Fsp3) is 1.00. The zero-order chi connectivity index (χ0) is 17.5. The van der Waals surface area contributed by atoms with Crippen molar-refractivity contribution in [3.05, 3.63) is 0 Å². The van der Waals surface area contributed by atoms with E-state index in [0.717, 1.165) is 6.92 Å². The van der Waals surface area contributed by atoms with Crippen molar-refractivity contribution in [2.24, 2.45) is 11.3 Å². The zero-order valence-electron chi connectivity index (χ0n) is 10.0. The summed E-state index contributed by atoms with van der Waals surface area (Å²) < 4.78 is 150. The van der Waals surface area contributed by atoms with Crippen LogP contribution in [0.2, 0.25) is 0 Å². The largest absolute Gasteiger partial charge is 0.412 e. The standard InChI is InChI=1S/C9H8F12/c1-2-3-4(6(10,11)12)5(7(13,14)15,8(16,17)18)9(19,20)21/h4H,2-3H2,1H3. The molecule has 0 aliphatic heterocycles. The highest BCUT2D eigenvalue weighted by Gasteiger charge is 2.89. The highest BCUT2D eigenvalue weighted by Crippen LogP contribution is 2.66. The van der Waals surface area contributed by atoms with Crippen LogP contribution in [0, 0.1) is 11.3 Å². The summed E-state index contributed by atoms with van der Waals surface area (Å²) in [6.07, 6.45) is -30.9. The third-order valence-electron chi connectivity index (χ3n) is 2.84. The predicted molar refractivity (Wildman–Crippen MR) is 45.1 cm³/mol. The third-order valence-corrected chi connectivity index (χ3v) is 2.84. The second kappa shape index (κ2) is 5.41. The van der Waals surface area contributed by atoms with Crippen molar-refractivity contribution in [1.29, 1.82) is 0 Å². The van der Waals surface area contributed by atoms with Crippen molar-refractivity contribution in [3.8, 4) is 0 Å². The minimum absolute atomic E-state index is 0.743. The van der Waals surface area contributed by atoms with E-state index in [2.05, 4.69) is 0 Å². The highest BCUT2D eigenvalue weighted by molar-refractivity contribution is 5.05. The molecule has 21 heavy (non-hydrogen) atoms. The summed E-state index contributed by atoms with van der Waals surface area (Å²) in [6.45, 7) is 0.743.